The number of imidazole rings is 1. The maximum atomic E-state index is 10.3. The Labute approximate surface area is 179 Å². The van der Waals surface area contributed by atoms with Gasteiger partial charge in [-0.05, 0) is 40.7 Å². The molecule has 2 aromatic carbocycles. The lowest BCUT2D eigenvalue weighted by atomic mass is 9.93. The van der Waals surface area contributed by atoms with Gasteiger partial charge in [-0.3, -0.25) is 4.99 Å². The van der Waals surface area contributed by atoms with Gasteiger partial charge in [0.1, 0.15) is 24.7 Å². The molecule has 1 heterocycles. The second kappa shape index (κ2) is 9.75. The Morgan fingerprint density at radius 2 is 1.72 bits per heavy atom. The fourth-order valence-electron chi connectivity index (χ4n) is 3.41. The van der Waals surface area contributed by atoms with Crippen LogP contribution in [0.25, 0.3) is 0 Å². The first kappa shape index (κ1) is 22.7. The average Bonchev–Trinajstić information content (AvgIpc) is 3.06. The number of para-hydroxylation sites is 1. The smallest absolute Gasteiger partial charge is 0.251 e. The van der Waals surface area contributed by atoms with Crippen molar-refractivity contribution in [3.05, 3.63) is 76.9 Å². The molecular weight excluding hydrogens is 382 g/mol. The van der Waals surface area contributed by atoms with Crippen molar-refractivity contribution in [2.75, 3.05) is 0 Å². The highest BCUT2D eigenvalue weighted by molar-refractivity contribution is 5.86. The molecule has 1 aromatic heterocycles. The van der Waals surface area contributed by atoms with Gasteiger partial charge < -0.3 is 17.5 Å². The zero-order valence-corrected chi connectivity index (χ0v) is 18.5. The van der Waals surface area contributed by atoms with E-state index in [1.165, 1.54) is 11.1 Å². The molecule has 154 valence electrons. The van der Waals surface area contributed by atoms with Gasteiger partial charge in [0, 0.05) is 18.7 Å². The molecule has 0 saturated heterocycles. The monoisotopic (exact) mass is 411 g/mol. The number of hydrogen-bond acceptors (Lipinski definition) is 2. The van der Waals surface area contributed by atoms with Crippen LogP contribution in [0.4, 0.5) is 5.69 Å². The molecule has 3 aromatic rings. The maximum Gasteiger partial charge on any atom is 0.251 e. The average molecular weight is 412 g/mol. The molecule has 29 heavy (non-hydrogen) atoms. The first-order chi connectivity index (χ1) is 13.4. The van der Waals surface area contributed by atoms with Crippen LogP contribution in [0.5, 0.6) is 5.75 Å². The van der Waals surface area contributed by atoms with Crippen LogP contribution in [0.1, 0.15) is 67.6 Å². The Balaban J connectivity index is 0.00000300. The molecule has 0 bridgehead atoms. The third-order valence-corrected chi connectivity index (χ3v) is 5.10. The zero-order chi connectivity index (χ0) is 20.3. The summed E-state index contributed by atoms with van der Waals surface area (Å²) in [6, 6.07) is 12.1. The number of benzene rings is 2. The number of aromatic hydroxyl groups is 1. The molecular formula is C24H30ClN3O. The molecule has 0 saturated carbocycles. The van der Waals surface area contributed by atoms with Crippen molar-refractivity contribution >= 4 is 11.9 Å². The number of phenolic OH excluding ortho intramolecular Hbond substituents is 1. The maximum absolute atomic E-state index is 10.3. The number of aromatic amines is 1. The van der Waals surface area contributed by atoms with E-state index in [-0.39, 0.29) is 18.2 Å². The van der Waals surface area contributed by atoms with Gasteiger partial charge in [-0.2, -0.15) is 0 Å². The van der Waals surface area contributed by atoms with Gasteiger partial charge in [-0.1, -0.05) is 52.0 Å². The predicted octanol–water partition coefficient (Wildman–Crippen LogP) is 2.37. The molecule has 0 radical (unpaired) electrons. The van der Waals surface area contributed by atoms with E-state index in [2.05, 4.69) is 55.4 Å². The number of rotatable bonds is 6. The van der Waals surface area contributed by atoms with E-state index < -0.39 is 0 Å². The summed E-state index contributed by atoms with van der Waals surface area (Å²) in [5, 5.41) is 10.3. The Morgan fingerprint density at radius 1 is 1.07 bits per heavy atom. The fourth-order valence-corrected chi connectivity index (χ4v) is 3.41. The van der Waals surface area contributed by atoms with E-state index >= 15 is 0 Å². The molecule has 4 nitrogen and oxygen atoms in total. The van der Waals surface area contributed by atoms with Crippen molar-refractivity contribution in [3.8, 4) is 5.75 Å². The lowest BCUT2D eigenvalue weighted by Crippen LogP contribution is -3.00. The zero-order valence-electron chi connectivity index (χ0n) is 17.8. The van der Waals surface area contributed by atoms with Crippen LogP contribution in [-0.2, 0) is 6.54 Å². The van der Waals surface area contributed by atoms with Crippen molar-refractivity contribution < 1.29 is 22.1 Å². The van der Waals surface area contributed by atoms with Gasteiger partial charge in [0.05, 0.1) is 5.69 Å². The van der Waals surface area contributed by atoms with E-state index in [0.29, 0.717) is 11.8 Å². The van der Waals surface area contributed by atoms with Crippen molar-refractivity contribution in [3.63, 3.8) is 0 Å². The molecule has 0 aliphatic carbocycles. The van der Waals surface area contributed by atoms with E-state index in [1.807, 2.05) is 31.5 Å². The summed E-state index contributed by atoms with van der Waals surface area (Å²) in [4.78, 5) is 8.02. The Kier molecular flexibility index (Phi) is 7.63. The standard InChI is InChI=1S/C24H29N3O.ClH/c1-16(2)21-7-6-8-22(17(3)4)24(21)26-14-20-13-19(9-10-23(20)28)15-27-12-11-25-18(27)5;/h6-14,16-17H,15H2,1-5H3,(H,26,28);1H. The van der Waals surface area contributed by atoms with Crippen molar-refractivity contribution in [2.24, 2.45) is 4.99 Å². The molecule has 0 aliphatic heterocycles. The van der Waals surface area contributed by atoms with Gasteiger partial charge in [0.15, 0.2) is 0 Å². The first-order valence-corrected chi connectivity index (χ1v) is 9.89. The number of nitrogens with one attached hydrogen (secondary N) is 1. The van der Waals surface area contributed by atoms with Crippen molar-refractivity contribution in [1.82, 2.24) is 4.98 Å². The summed E-state index contributed by atoms with van der Waals surface area (Å²) in [5.41, 5.74) is 5.34. The third kappa shape index (κ3) is 5.27. The number of aryl methyl sites for hydroxylation is 1. The van der Waals surface area contributed by atoms with E-state index in [4.69, 9.17) is 4.99 Å². The van der Waals surface area contributed by atoms with Gasteiger partial charge in [-0.25, -0.2) is 9.55 Å². The number of nitrogens with zero attached hydrogens (tertiary/aromatic N) is 2. The van der Waals surface area contributed by atoms with Crippen LogP contribution >= 0.6 is 0 Å². The van der Waals surface area contributed by atoms with Crippen LogP contribution in [-0.4, -0.2) is 16.3 Å². The highest BCUT2D eigenvalue weighted by Crippen LogP contribution is 2.34. The fraction of sp³-hybridized carbons (Fsp3) is 0.333. The minimum Gasteiger partial charge on any atom is -1.00 e. The van der Waals surface area contributed by atoms with Crippen molar-refractivity contribution in [2.45, 2.75) is 53.0 Å². The summed E-state index contributed by atoms with van der Waals surface area (Å²) in [6.07, 6.45) is 5.73. The normalized spacial score (nSPS) is 11.4. The molecule has 0 unspecified atom stereocenters. The largest absolute Gasteiger partial charge is 1.00 e. The van der Waals surface area contributed by atoms with Crippen LogP contribution in [0.15, 0.2) is 53.8 Å². The number of aromatic nitrogens is 2. The summed E-state index contributed by atoms with van der Waals surface area (Å²) in [7, 11) is 0. The molecule has 0 atom stereocenters. The van der Waals surface area contributed by atoms with Crippen molar-refractivity contribution in [1.29, 1.82) is 0 Å². The number of hydrogen-bond donors (Lipinski definition) is 2. The Bertz CT molecular complexity index is 963. The summed E-state index contributed by atoms with van der Waals surface area (Å²) in [5.74, 6) is 2.12. The molecule has 0 aliphatic rings. The van der Waals surface area contributed by atoms with E-state index in [9.17, 15) is 5.11 Å². The lowest BCUT2D eigenvalue weighted by Gasteiger charge is -2.16. The second-order valence-electron chi connectivity index (χ2n) is 7.92. The van der Waals surface area contributed by atoms with Crippen LogP contribution in [0, 0.1) is 6.92 Å². The van der Waals surface area contributed by atoms with Gasteiger partial charge >= 0.3 is 0 Å². The highest BCUT2D eigenvalue weighted by atomic mass is 35.5. The summed E-state index contributed by atoms with van der Waals surface area (Å²) < 4.78 is 2.14. The highest BCUT2D eigenvalue weighted by Gasteiger charge is 2.13. The molecule has 0 amide bonds. The van der Waals surface area contributed by atoms with Gasteiger partial charge in [0.25, 0.3) is 5.82 Å². The number of aliphatic imine (C=N–C) groups is 1. The topological polar surface area (TPSA) is 52.3 Å². The second-order valence-corrected chi connectivity index (χ2v) is 7.92. The van der Waals surface area contributed by atoms with Crippen LogP contribution in [0.3, 0.4) is 0 Å². The molecule has 0 fully saturated rings. The quantitative estimate of drug-likeness (QED) is 0.475. The predicted molar refractivity (Wildman–Crippen MR) is 115 cm³/mol. The minimum absolute atomic E-state index is 0. The van der Waals surface area contributed by atoms with E-state index in [1.54, 1.807) is 12.3 Å². The van der Waals surface area contributed by atoms with E-state index in [0.717, 1.165) is 29.2 Å². The van der Waals surface area contributed by atoms with Gasteiger partial charge in [0.2, 0.25) is 0 Å². The number of phenols is 1. The summed E-state index contributed by atoms with van der Waals surface area (Å²) in [6.45, 7) is 11.5. The SMILES string of the molecule is Cc1[nH]cc[n+]1Cc1ccc(O)c(C=Nc2c(C(C)C)cccc2C(C)C)c1.[Cl-]. The number of H-pyrrole nitrogens is 1. The molecule has 5 heteroatoms. The first-order valence-electron chi connectivity index (χ1n) is 9.89. The number of halogens is 1. The molecule has 2 N–H and O–H groups in total. The molecule has 3 rings (SSSR count). The molecule has 0 spiro atoms. The van der Waals surface area contributed by atoms with Crippen LogP contribution < -0.4 is 17.0 Å². The Morgan fingerprint density at radius 3 is 2.28 bits per heavy atom. The lowest BCUT2D eigenvalue weighted by molar-refractivity contribution is -0.693. The minimum atomic E-state index is 0. The van der Waals surface area contributed by atoms with Gasteiger partial charge in [-0.15, -0.1) is 0 Å². The summed E-state index contributed by atoms with van der Waals surface area (Å²) >= 11 is 0. The Hall–Kier alpha value is -2.59. The van der Waals surface area contributed by atoms with Crippen LogP contribution in [0.2, 0.25) is 0 Å². The third-order valence-electron chi connectivity index (χ3n) is 5.10.